The van der Waals surface area contributed by atoms with Crippen LogP contribution in [-0.4, -0.2) is 42.7 Å². The number of unbranched alkanes of at least 4 members (excludes halogenated alkanes) is 4. The SMILES string of the molecule is CNC(=O)c1ccc(C)nc1NCCCCCCCNC(=O)OC(C)(C)C. The van der Waals surface area contributed by atoms with E-state index >= 15 is 0 Å². The topological polar surface area (TPSA) is 92.4 Å². The summed E-state index contributed by atoms with van der Waals surface area (Å²) < 4.78 is 5.19. The Morgan fingerprint density at radius 3 is 2.30 bits per heavy atom. The smallest absolute Gasteiger partial charge is 0.407 e. The molecule has 1 rings (SSSR count). The van der Waals surface area contributed by atoms with Gasteiger partial charge in [-0.2, -0.15) is 0 Å². The number of nitrogens with zero attached hydrogens (tertiary/aromatic N) is 1. The molecule has 1 heterocycles. The number of hydrogen-bond donors (Lipinski definition) is 3. The maximum Gasteiger partial charge on any atom is 0.407 e. The van der Waals surface area contributed by atoms with Gasteiger partial charge in [0.2, 0.25) is 0 Å². The summed E-state index contributed by atoms with van der Waals surface area (Å²) >= 11 is 0. The van der Waals surface area contributed by atoms with Crippen molar-refractivity contribution in [1.29, 1.82) is 0 Å². The molecular formula is C20H34N4O3. The number of aryl methyl sites for hydroxylation is 1. The molecule has 0 saturated heterocycles. The van der Waals surface area contributed by atoms with E-state index in [0.29, 0.717) is 17.9 Å². The van der Waals surface area contributed by atoms with Gasteiger partial charge in [-0.1, -0.05) is 19.3 Å². The number of aromatic nitrogens is 1. The second kappa shape index (κ2) is 11.4. The molecule has 3 N–H and O–H groups in total. The van der Waals surface area contributed by atoms with Gasteiger partial charge < -0.3 is 20.7 Å². The van der Waals surface area contributed by atoms with Gasteiger partial charge in [0.1, 0.15) is 11.4 Å². The minimum Gasteiger partial charge on any atom is -0.444 e. The summed E-state index contributed by atoms with van der Waals surface area (Å²) in [4.78, 5) is 27.8. The number of pyridine rings is 1. The van der Waals surface area contributed by atoms with Gasteiger partial charge in [-0.15, -0.1) is 0 Å². The van der Waals surface area contributed by atoms with Crippen molar-refractivity contribution >= 4 is 17.8 Å². The molecule has 1 aromatic rings. The van der Waals surface area contributed by atoms with Crippen LogP contribution in [0.15, 0.2) is 12.1 Å². The minimum absolute atomic E-state index is 0.137. The Hall–Kier alpha value is -2.31. The fraction of sp³-hybridized carbons (Fsp3) is 0.650. The minimum atomic E-state index is -0.457. The molecule has 152 valence electrons. The number of nitrogens with one attached hydrogen (secondary N) is 3. The fourth-order valence-corrected chi connectivity index (χ4v) is 2.50. The zero-order valence-corrected chi connectivity index (χ0v) is 17.3. The first-order valence-electron chi connectivity index (χ1n) is 9.63. The Balaban J connectivity index is 2.15. The van der Waals surface area contributed by atoms with E-state index in [1.54, 1.807) is 13.1 Å². The van der Waals surface area contributed by atoms with E-state index in [4.69, 9.17) is 4.74 Å². The van der Waals surface area contributed by atoms with E-state index in [-0.39, 0.29) is 12.0 Å². The molecule has 0 unspecified atom stereocenters. The summed E-state index contributed by atoms with van der Waals surface area (Å²) in [6.45, 7) is 8.87. The van der Waals surface area contributed by atoms with Crippen LogP contribution in [-0.2, 0) is 4.74 Å². The maximum absolute atomic E-state index is 11.9. The largest absolute Gasteiger partial charge is 0.444 e. The predicted octanol–water partition coefficient (Wildman–Crippen LogP) is 3.64. The van der Waals surface area contributed by atoms with Crippen LogP contribution in [0.5, 0.6) is 0 Å². The summed E-state index contributed by atoms with van der Waals surface area (Å²) in [5, 5.41) is 8.67. The molecule has 0 fully saturated rings. The third kappa shape index (κ3) is 9.82. The Morgan fingerprint density at radius 2 is 1.67 bits per heavy atom. The van der Waals surface area contributed by atoms with Crippen LogP contribution >= 0.6 is 0 Å². The second-order valence-electron chi connectivity index (χ2n) is 7.55. The predicted molar refractivity (Wildman–Crippen MR) is 108 cm³/mol. The standard InChI is InChI=1S/C20H34N4O3/c1-15-11-12-16(18(25)21-5)17(24-15)22-13-9-7-6-8-10-14-23-19(26)27-20(2,3)4/h11-12H,6-10,13-14H2,1-5H3,(H,21,25)(H,22,24)(H,23,26). The van der Waals surface area contributed by atoms with Crippen LogP contribution in [0.25, 0.3) is 0 Å². The number of alkyl carbamates (subject to hydrolysis) is 1. The zero-order chi connectivity index (χ0) is 20.3. The Kier molecular flexibility index (Phi) is 9.61. The summed E-state index contributed by atoms with van der Waals surface area (Å²) in [5.41, 5.74) is 0.986. The Labute approximate surface area is 162 Å². The Morgan fingerprint density at radius 1 is 1.04 bits per heavy atom. The lowest BCUT2D eigenvalue weighted by molar-refractivity contribution is 0.0526. The van der Waals surface area contributed by atoms with Crippen molar-refractivity contribution in [1.82, 2.24) is 15.6 Å². The highest BCUT2D eigenvalue weighted by Gasteiger charge is 2.15. The van der Waals surface area contributed by atoms with E-state index in [2.05, 4.69) is 20.9 Å². The summed E-state index contributed by atoms with van der Waals surface area (Å²) in [7, 11) is 1.61. The molecule has 1 aromatic heterocycles. The lowest BCUT2D eigenvalue weighted by Crippen LogP contribution is -2.32. The molecule has 0 aromatic carbocycles. The van der Waals surface area contributed by atoms with Gasteiger partial charge in [-0.05, 0) is 52.7 Å². The van der Waals surface area contributed by atoms with Gasteiger partial charge in [0.25, 0.3) is 5.91 Å². The highest BCUT2D eigenvalue weighted by atomic mass is 16.6. The van der Waals surface area contributed by atoms with Crippen molar-refractivity contribution in [2.75, 3.05) is 25.5 Å². The van der Waals surface area contributed by atoms with Gasteiger partial charge in [0, 0.05) is 25.8 Å². The third-order valence-electron chi connectivity index (χ3n) is 3.82. The highest BCUT2D eigenvalue weighted by Crippen LogP contribution is 2.14. The molecule has 0 saturated carbocycles. The zero-order valence-electron chi connectivity index (χ0n) is 17.3. The van der Waals surface area contributed by atoms with Crippen LogP contribution in [0.1, 0.15) is 68.9 Å². The molecule has 0 spiro atoms. The first-order chi connectivity index (χ1) is 12.7. The van der Waals surface area contributed by atoms with Crippen molar-refractivity contribution in [3.05, 3.63) is 23.4 Å². The molecule has 0 bridgehead atoms. The number of rotatable bonds is 10. The van der Waals surface area contributed by atoms with E-state index in [1.165, 1.54) is 0 Å². The van der Waals surface area contributed by atoms with Crippen LogP contribution in [0, 0.1) is 6.92 Å². The van der Waals surface area contributed by atoms with Gasteiger partial charge in [0.05, 0.1) is 5.56 Å². The summed E-state index contributed by atoms with van der Waals surface area (Å²) in [5.74, 6) is 0.499. The molecule has 0 aliphatic carbocycles. The molecule has 0 aliphatic heterocycles. The first kappa shape index (κ1) is 22.7. The normalized spacial score (nSPS) is 11.0. The third-order valence-corrected chi connectivity index (χ3v) is 3.82. The van der Waals surface area contributed by atoms with Crippen molar-refractivity contribution in [3.8, 4) is 0 Å². The van der Waals surface area contributed by atoms with Crippen molar-refractivity contribution in [2.24, 2.45) is 0 Å². The van der Waals surface area contributed by atoms with Crippen LogP contribution < -0.4 is 16.0 Å². The number of ether oxygens (including phenoxy) is 1. The monoisotopic (exact) mass is 378 g/mol. The van der Waals surface area contributed by atoms with E-state index in [1.807, 2.05) is 33.8 Å². The lowest BCUT2D eigenvalue weighted by atomic mass is 10.1. The van der Waals surface area contributed by atoms with Crippen molar-refractivity contribution in [3.63, 3.8) is 0 Å². The fourth-order valence-electron chi connectivity index (χ4n) is 2.50. The molecule has 2 amide bonds. The second-order valence-corrected chi connectivity index (χ2v) is 7.55. The number of anilines is 1. The number of carbonyl (C=O) groups excluding carboxylic acids is 2. The number of amides is 2. The van der Waals surface area contributed by atoms with Gasteiger partial charge in [0.15, 0.2) is 0 Å². The van der Waals surface area contributed by atoms with E-state index in [9.17, 15) is 9.59 Å². The average molecular weight is 379 g/mol. The molecule has 27 heavy (non-hydrogen) atoms. The molecular weight excluding hydrogens is 344 g/mol. The summed E-state index contributed by atoms with van der Waals surface area (Å²) in [6.07, 6.45) is 4.82. The van der Waals surface area contributed by atoms with E-state index < -0.39 is 5.60 Å². The van der Waals surface area contributed by atoms with E-state index in [0.717, 1.165) is 44.3 Å². The highest BCUT2D eigenvalue weighted by molar-refractivity contribution is 5.98. The molecule has 7 nitrogen and oxygen atoms in total. The van der Waals surface area contributed by atoms with Crippen LogP contribution in [0.3, 0.4) is 0 Å². The molecule has 0 radical (unpaired) electrons. The average Bonchev–Trinajstić information content (AvgIpc) is 2.58. The van der Waals surface area contributed by atoms with Gasteiger partial charge >= 0.3 is 6.09 Å². The molecule has 7 heteroatoms. The maximum atomic E-state index is 11.9. The number of hydrogen-bond acceptors (Lipinski definition) is 5. The lowest BCUT2D eigenvalue weighted by Gasteiger charge is -2.19. The van der Waals surface area contributed by atoms with Crippen molar-refractivity contribution < 1.29 is 14.3 Å². The van der Waals surface area contributed by atoms with Crippen LogP contribution in [0.4, 0.5) is 10.6 Å². The first-order valence-corrected chi connectivity index (χ1v) is 9.63. The number of carbonyl (C=O) groups is 2. The molecule has 0 atom stereocenters. The van der Waals surface area contributed by atoms with Crippen molar-refractivity contribution in [2.45, 2.75) is 65.4 Å². The Bertz CT molecular complexity index is 612. The quantitative estimate of drug-likeness (QED) is 0.541. The summed E-state index contributed by atoms with van der Waals surface area (Å²) in [6, 6.07) is 3.63. The van der Waals surface area contributed by atoms with Gasteiger partial charge in [-0.3, -0.25) is 4.79 Å². The van der Waals surface area contributed by atoms with Gasteiger partial charge in [-0.25, -0.2) is 9.78 Å². The van der Waals surface area contributed by atoms with Crippen LogP contribution in [0.2, 0.25) is 0 Å². The molecule has 0 aliphatic rings.